The Labute approximate surface area is 144 Å². The molecule has 1 aromatic heterocycles. The lowest BCUT2D eigenvalue weighted by Crippen LogP contribution is -2.45. The zero-order chi connectivity index (χ0) is 18.7. The summed E-state index contributed by atoms with van der Waals surface area (Å²) in [5, 5.41) is 9.74. The van der Waals surface area contributed by atoms with Crippen LogP contribution in [0.4, 0.5) is 19.0 Å². The van der Waals surface area contributed by atoms with Gasteiger partial charge in [-0.05, 0) is 38.8 Å². The minimum atomic E-state index is -4.51. The molecule has 1 aliphatic rings. The van der Waals surface area contributed by atoms with Crippen LogP contribution >= 0.6 is 0 Å². The Balaban J connectivity index is 1.87. The molecule has 0 bridgehead atoms. The third kappa shape index (κ3) is 5.04. The lowest BCUT2D eigenvalue weighted by molar-refractivity contribution is -0.141. The van der Waals surface area contributed by atoms with Crippen LogP contribution in [0.2, 0.25) is 0 Å². The maximum Gasteiger partial charge on any atom is 0.435 e. The molecule has 1 unspecified atom stereocenters. The quantitative estimate of drug-likeness (QED) is 0.770. The van der Waals surface area contributed by atoms with Crippen molar-refractivity contribution in [3.8, 4) is 0 Å². The van der Waals surface area contributed by atoms with E-state index in [9.17, 15) is 18.0 Å². The Hall–Kier alpha value is -1.90. The maximum absolute atomic E-state index is 12.5. The molecule has 1 atom stereocenters. The van der Waals surface area contributed by atoms with E-state index >= 15 is 0 Å². The second-order valence-electron chi connectivity index (χ2n) is 6.45. The van der Waals surface area contributed by atoms with Crippen LogP contribution in [0.3, 0.4) is 0 Å². The fourth-order valence-corrected chi connectivity index (χ4v) is 2.49. The van der Waals surface area contributed by atoms with E-state index in [1.165, 1.54) is 6.07 Å². The van der Waals surface area contributed by atoms with Crippen molar-refractivity contribution in [2.24, 2.45) is 5.41 Å². The van der Waals surface area contributed by atoms with Gasteiger partial charge in [0.15, 0.2) is 11.5 Å². The minimum Gasteiger partial charge on any atom is -0.381 e. The highest BCUT2D eigenvalue weighted by atomic mass is 19.4. The van der Waals surface area contributed by atoms with E-state index in [1.54, 1.807) is 11.9 Å². The number of aromatic nitrogens is 2. The number of rotatable bonds is 8. The molecule has 9 heteroatoms. The highest BCUT2D eigenvalue weighted by Crippen LogP contribution is 2.46. The van der Waals surface area contributed by atoms with Gasteiger partial charge in [0, 0.05) is 26.2 Å². The average molecular weight is 360 g/mol. The molecule has 2 rings (SSSR count). The summed E-state index contributed by atoms with van der Waals surface area (Å²) in [6.07, 6.45) is -2.89. The smallest absolute Gasteiger partial charge is 0.381 e. The van der Waals surface area contributed by atoms with Crippen LogP contribution in [-0.4, -0.2) is 49.0 Å². The summed E-state index contributed by atoms with van der Waals surface area (Å²) >= 11 is 0. The van der Waals surface area contributed by atoms with Gasteiger partial charge in [-0.3, -0.25) is 4.79 Å². The summed E-state index contributed by atoms with van der Waals surface area (Å²) in [7, 11) is 1.69. The number of carbonyl (C=O) groups is 1. The zero-order valence-corrected chi connectivity index (χ0v) is 14.6. The predicted octanol–water partition coefficient (Wildman–Crippen LogP) is 2.25. The minimum absolute atomic E-state index is 0.0413. The van der Waals surface area contributed by atoms with Gasteiger partial charge in [0.2, 0.25) is 5.91 Å². The van der Waals surface area contributed by atoms with Crippen LogP contribution in [0.1, 0.15) is 32.4 Å². The molecule has 25 heavy (non-hydrogen) atoms. The second kappa shape index (κ2) is 7.55. The van der Waals surface area contributed by atoms with Gasteiger partial charge in [-0.1, -0.05) is 0 Å². The summed E-state index contributed by atoms with van der Waals surface area (Å²) in [5.74, 6) is 0.268. The number of carbonyl (C=O) groups excluding carboxylic acids is 1. The Bertz CT molecular complexity index is 588. The Kier molecular flexibility index (Phi) is 5.87. The molecule has 140 valence electrons. The first-order chi connectivity index (χ1) is 11.7. The number of halogens is 3. The first kappa shape index (κ1) is 19.4. The van der Waals surface area contributed by atoms with Crippen LogP contribution in [-0.2, 0) is 15.7 Å². The van der Waals surface area contributed by atoms with E-state index in [0.29, 0.717) is 25.6 Å². The van der Waals surface area contributed by atoms with Gasteiger partial charge in [0.1, 0.15) is 0 Å². The van der Waals surface area contributed by atoms with E-state index in [-0.39, 0.29) is 11.9 Å². The number of hydrogen-bond donors (Lipinski definition) is 1. The fourth-order valence-electron chi connectivity index (χ4n) is 2.49. The van der Waals surface area contributed by atoms with Crippen molar-refractivity contribution in [3.63, 3.8) is 0 Å². The molecule has 1 fully saturated rings. The molecule has 0 aliphatic heterocycles. The van der Waals surface area contributed by atoms with Crippen molar-refractivity contribution in [1.82, 2.24) is 15.5 Å². The van der Waals surface area contributed by atoms with Crippen molar-refractivity contribution >= 4 is 11.7 Å². The van der Waals surface area contributed by atoms with Crippen LogP contribution < -0.4 is 10.2 Å². The van der Waals surface area contributed by atoms with E-state index < -0.39 is 17.3 Å². The summed E-state index contributed by atoms with van der Waals surface area (Å²) in [6.45, 7) is 5.11. The molecule has 1 aromatic rings. The molecule has 1 saturated carbocycles. The highest BCUT2D eigenvalue weighted by molar-refractivity contribution is 5.85. The molecule has 1 amide bonds. The van der Waals surface area contributed by atoms with Crippen LogP contribution in [0, 0.1) is 5.41 Å². The van der Waals surface area contributed by atoms with Gasteiger partial charge in [0.25, 0.3) is 0 Å². The van der Waals surface area contributed by atoms with Gasteiger partial charge in [-0.2, -0.15) is 13.2 Å². The molecule has 0 aromatic carbocycles. The van der Waals surface area contributed by atoms with Gasteiger partial charge in [-0.25, -0.2) is 0 Å². The van der Waals surface area contributed by atoms with Crippen molar-refractivity contribution in [2.75, 3.05) is 31.7 Å². The zero-order valence-electron chi connectivity index (χ0n) is 14.6. The lowest BCUT2D eigenvalue weighted by Gasteiger charge is -2.25. The predicted molar refractivity (Wildman–Crippen MR) is 86.1 cm³/mol. The van der Waals surface area contributed by atoms with E-state index in [0.717, 1.165) is 18.9 Å². The summed E-state index contributed by atoms with van der Waals surface area (Å²) in [6, 6.07) is 1.96. The SMILES string of the molecule is CCOCC1(C(=O)NC(C)CN(C)c2ccc(C(F)(F)F)nn2)CC1. The first-order valence-corrected chi connectivity index (χ1v) is 8.19. The maximum atomic E-state index is 12.5. The molecular formula is C16H23F3N4O2. The molecule has 0 saturated heterocycles. The monoisotopic (exact) mass is 360 g/mol. The van der Waals surface area contributed by atoms with Crippen molar-refractivity contribution in [3.05, 3.63) is 17.8 Å². The third-order valence-corrected chi connectivity index (χ3v) is 4.17. The number of likely N-dealkylation sites (N-methyl/N-ethyl adjacent to an activating group) is 1. The Morgan fingerprint density at radius 2 is 2.08 bits per heavy atom. The molecule has 1 N–H and O–H groups in total. The molecule has 6 nitrogen and oxygen atoms in total. The van der Waals surface area contributed by atoms with Crippen molar-refractivity contribution < 1.29 is 22.7 Å². The summed E-state index contributed by atoms with van der Waals surface area (Å²) in [5.41, 5.74) is -1.45. The van der Waals surface area contributed by atoms with Gasteiger partial charge < -0.3 is 15.0 Å². The number of nitrogens with one attached hydrogen (secondary N) is 1. The van der Waals surface area contributed by atoms with E-state index in [4.69, 9.17) is 4.74 Å². The third-order valence-electron chi connectivity index (χ3n) is 4.17. The Morgan fingerprint density at radius 3 is 2.56 bits per heavy atom. The van der Waals surface area contributed by atoms with Crippen molar-refractivity contribution in [1.29, 1.82) is 0 Å². The van der Waals surface area contributed by atoms with E-state index in [1.807, 2.05) is 13.8 Å². The molecule has 1 heterocycles. The first-order valence-electron chi connectivity index (χ1n) is 8.19. The van der Waals surface area contributed by atoms with Gasteiger partial charge in [0.05, 0.1) is 12.0 Å². The largest absolute Gasteiger partial charge is 0.435 e. The number of anilines is 1. The normalized spacial score (nSPS) is 17.0. The van der Waals surface area contributed by atoms with Gasteiger partial charge >= 0.3 is 6.18 Å². The topological polar surface area (TPSA) is 67.3 Å². The highest BCUT2D eigenvalue weighted by Gasteiger charge is 2.50. The molecule has 1 aliphatic carbocycles. The number of ether oxygens (including phenoxy) is 1. The molecule has 0 spiro atoms. The Morgan fingerprint density at radius 1 is 1.40 bits per heavy atom. The van der Waals surface area contributed by atoms with Crippen LogP contribution in [0.25, 0.3) is 0 Å². The number of alkyl halides is 3. The van der Waals surface area contributed by atoms with Gasteiger partial charge in [-0.15, -0.1) is 10.2 Å². The van der Waals surface area contributed by atoms with Crippen molar-refractivity contribution in [2.45, 2.75) is 38.9 Å². The summed E-state index contributed by atoms with van der Waals surface area (Å²) in [4.78, 5) is 14.0. The van der Waals surface area contributed by atoms with Crippen LogP contribution in [0.5, 0.6) is 0 Å². The average Bonchev–Trinajstić information content (AvgIpc) is 3.33. The second-order valence-corrected chi connectivity index (χ2v) is 6.45. The summed E-state index contributed by atoms with van der Waals surface area (Å²) < 4.78 is 42.9. The molecule has 0 radical (unpaired) electrons. The number of hydrogen-bond acceptors (Lipinski definition) is 5. The van der Waals surface area contributed by atoms with Crippen LogP contribution in [0.15, 0.2) is 12.1 Å². The fraction of sp³-hybridized carbons (Fsp3) is 0.688. The number of amides is 1. The molecular weight excluding hydrogens is 337 g/mol. The van der Waals surface area contributed by atoms with E-state index in [2.05, 4.69) is 15.5 Å². The standard InChI is InChI=1S/C16H23F3N4O2/c1-4-25-10-15(7-8-15)14(24)20-11(2)9-23(3)13-6-5-12(21-22-13)16(17,18)19/h5-6,11H,4,7-10H2,1-3H3,(H,20,24). The number of nitrogens with zero attached hydrogens (tertiary/aromatic N) is 3. The lowest BCUT2D eigenvalue weighted by atomic mass is 10.1.